The molecule has 0 aliphatic rings. The molecule has 0 saturated carbocycles. The molecule has 0 atom stereocenters. The zero-order valence-corrected chi connectivity index (χ0v) is 12.9. The third-order valence-corrected chi connectivity index (χ3v) is 3.57. The number of phenols is 1. The number of fused-ring (bicyclic) bond motifs is 1. The second-order valence-corrected chi connectivity index (χ2v) is 5.18. The lowest BCUT2D eigenvalue weighted by molar-refractivity contribution is 0.0955. The Hall–Kier alpha value is -3.41. The number of aromatic hydroxyl groups is 1. The molecule has 1 aromatic heterocycles. The summed E-state index contributed by atoms with van der Waals surface area (Å²) in [5.74, 6) is -0.209. The predicted octanol–water partition coefficient (Wildman–Crippen LogP) is 2.76. The summed E-state index contributed by atoms with van der Waals surface area (Å²) in [5, 5.41) is 14.0. The van der Waals surface area contributed by atoms with Gasteiger partial charge in [-0.15, -0.1) is 6.58 Å². The highest BCUT2D eigenvalue weighted by molar-refractivity contribution is 5.97. The van der Waals surface area contributed by atoms with E-state index in [9.17, 15) is 9.90 Å². The first-order chi connectivity index (χ1) is 11.7. The van der Waals surface area contributed by atoms with E-state index in [-0.39, 0.29) is 11.7 Å². The van der Waals surface area contributed by atoms with Crippen molar-refractivity contribution in [3.8, 4) is 5.75 Å². The summed E-state index contributed by atoms with van der Waals surface area (Å²) in [4.78, 5) is 19.2. The summed E-state index contributed by atoms with van der Waals surface area (Å²) < 4.78 is 0. The van der Waals surface area contributed by atoms with E-state index in [1.807, 2.05) is 12.1 Å². The standard InChI is InChI=1S/C18H16N4O2/c1-2-4-12-5-3-6-14(17(12)23)10-21-22-18(24)13-7-8-15-16(9-13)20-11-19-15/h2-3,5-11,23H,1,4H2,(H,19,20)(H,22,24)/b21-10-. The molecule has 2 aromatic carbocycles. The van der Waals surface area contributed by atoms with Gasteiger partial charge in [-0.05, 0) is 36.2 Å². The van der Waals surface area contributed by atoms with Gasteiger partial charge in [-0.1, -0.05) is 18.2 Å². The first kappa shape index (κ1) is 15.5. The molecule has 0 spiro atoms. The van der Waals surface area contributed by atoms with Crippen molar-refractivity contribution in [1.29, 1.82) is 0 Å². The summed E-state index contributed by atoms with van der Waals surface area (Å²) in [6.07, 6.45) is 5.26. The highest BCUT2D eigenvalue weighted by atomic mass is 16.3. The first-order valence-electron chi connectivity index (χ1n) is 7.37. The molecule has 3 rings (SSSR count). The average Bonchev–Trinajstić information content (AvgIpc) is 3.06. The van der Waals surface area contributed by atoms with Crippen LogP contribution in [0.5, 0.6) is 5.75 Å². The Labute approximate surface area is 138 Å². The number of carbonyl (C=O) groups excluding carboxylic acids is 1. The Morgan fingerprint density at radius 1 is 1.38 bits per heavy atom. The molecule has 0 aliphatic heterocycles. The number of hydrazone groups is 1. The Morgan fingerprint density at radius 2 is 2.25 bits per heavy atom. The van der Waals surface area contributed by atoms with Crippen LogP contribution in [0.1, 0.15) is 21.5 Å². The van der Waals surface area contributed by atoms with Crippen molar-refractivity contribution in [3.63, 3.8) is 0 Å². The van der Waals surface area contributed by atoms with Gasteiger partial charge in [0.2, 0.25) is 0 Å². The fourth-order valence-corrected chi connectivity index (χ4v) is 2.34. The maximum Gasteiger partial charge on any atom is 0.271 e. The zero-order chi connectivity index (χ0) is 16.9. The number of nitrogens with one attached hydrogen (secondary N) is 2. The van der Waals surface area contributed by atoms with Crippen LogP contribution in [0.3, 0.4) is 0 Å². The smallest absolute Gasteiger partial charge is 0.271 e. The topological polar surface area (TPSA) is 90.4 Å². The van der Waals surface area contributed by atoms with Gasteiger partial charge in [0, 0.05) is 11.1 Å². The van der Waals surface area contributed by atoms with Crippen molar-refractivity contribution >= 4 is 23.2 Å². The summed E-state index contributed by atoms with van der Waals surface area (Å²) in [5.41, 5.74) is 5.77. The van der Waals surface area contributed by atoms with Gasteiger partial charge in [0.15, 0.2) is 0 Å². The Kier molecular flexibility index (Phi) is 4.38. The molecule has 120 valence electrons. The number of imidazole rings is 1. The van der Waals surface area contributed by atoms with Crippen LogP contribution in [0, 0.1) is 0 Å². The lowest BCUT2D eigenvalue weighted by Gasteiger charge is -2.04. The SMILES string of the molecule is C=CCc1cccc(/C=N\NC(=O)c2ccc3nc[nH]c3c2)c1O. The third kappa shape index (κ3) is 3.17. The van der Waals surface area contributed by atoms with E-state index in [4.69, 9.17) is 0 Å². The molecule has 0 saturated heterocycles. The third-order valence-electron chi connectivity index (χ3n) is 3.57. The normalized spacial score (nSPS) is 11.0. The molecule has 6 heteroatoms. The lowest BCUT2D eigenvalue weighted by atomic mass is 10.1. The van der Waals surface area contributed by atoms with E-state index in [2.05, 4.69) is 27.1 Å². The average molecular weight is 320 g/mol. The number of rotatable bonds is 5. The number of hydrogen-bond donors (Lipinski definition) is 3. The van der Waals surface area contributed by atoms with Crippen LogP contribution < -0.4 is 5.43 Å². The molecule has 24 heavy (non-hydrogen) atoms. The fraction of sp³-hybridized carbons (Fsp3) is 0.0556. The quantitative estimate of drug-likeness (QED) is 0.383. The van der Waals surface area contributed by atoms with Gasteiger partial charge in [0.1, 0.15) is 5.75 Å². The number of benzene rings is 2. The molecule has 0 unspecified atom stereocenters. The number of para-hydroxylation sites is 1. The second kappa shape index (κ2) is 6.78. The van der Waals surface area contributed by atoms with Crippen molar-refractivity contribution < 1.29 is 9.90 Å². The molecule has 0 fully saturated rings. The molecule has 1 amide bonds. The highest BCUT2D eigenvalue weighted by Crippen LogP contribution is 2.21. The number of aromatic nitrogens is 2. The number of hydrogen-bond acceptors (Lipinski definition) is 4. The van der Waals surface area contributed by atoms with Gasteiger partial charge < -0.3 is 10.1 Å². The van der Waals surface area contributed by atoms with Crippen molar-refractivity contribution in [3.05, 3.63) is 72.1 Å². The zero-order valence-electron chi connectivity index (χ0n) is 12.9. The van der Waals surface area contributed by atoms with E-state index in [0.29, 0.717) is 17.5 Å². The Bertz CT molecular complexity index is 928. The van der Waals surface area contributed by atoms with E-state index >= 15 is 0 Å². The van der Waals surface area contributed by atoms with Gasteiger partial charge in [-0.3, -0.25) is 4.79 Å². The predicted molar refractivity (Wildman–Crippen MR) is 93.2 cm³/mol. The number of H-pyrrole nitrogens is 1. The molecular formula is C18H16N4O2. The molecule has 6 nitrogen and oxygen atoms in total. The van der Waals surface area contributed by atoms with Crippen LogP contribution in [0.2, 0.25) is 0 Å². The largest absolute Gasteiger partial charge is 0.507 e. The Balaban J connectivity index is 1.72. The van der Waals surface area contributed by atoms with Crippen LogP contribution in [-0.2, 0) is 6.42 Å². The van der Waals surface area contributed by atoms with Crippen molar-refractivity contribution in [2.24, 2.45) is 5.10 Å². The van der Waals surface area contributed by atoms with E-state index in [0.717, 1.165) is 16.6 Å². The van der Waals surface area contributed by atoms with E-state index in [1.165, 1.54) is 6.21 Å². The maximum absolute atomic E-state index is 12.1. The number of amides is 1. The van der Waals surface area contributed by atoms with Gasteiger partial charge in [0.25, 0.3) is 5.91 Å². The van der Waals surface area contributed by atoms with Crippen LogP contribution in [0.15, 0.2) is 60.5 Å². The number of carbonyl (C=O) groups is 1. The monoisotopic (exact) mass is 320 g/mol. The summed E-state index contributed by atoms with van der Waals surface area (Å²) in [7, 11) is 0. The van der Waals surface area contributed by atoms with Crippen LogP contribution in [0.4, 0.5) is 0 Å². The molecule has 3 N–H and O–H groups in total. The van der Waals surface area contributed by atoms with Crippen molar-refractivity contribution in [2.45, 2.75) is 6.42 Å². The number of nitrogens with zero attached hydrogens (tertiary/aromatic N) is 2. The van der Waals surface area contributed by atoms with E-state index in [1.54, 1.807) is 36.7 Å². The minimum Gasteiger partial charge on any atom is -0.507 e. The summed E-state index contributed by atoms with van der Waals surface area (Å²) >= 11 is 0. The van der Waals surface area contributed by atoms with Gasteiger partial charge in [-0.25, -0.2) is 10.4 Å². The van der Waals surface area contributed by atoms with Crippen LogP contribution in [-0.4, -0.2) is 27.2 Å². The summed E-state index contributed by atoms with van der Waals surface area (Å²) in [6, 6.07) is 10.5. The van der Waals surface area contributed by atoms with Gasteiger partial charge in [0.05, 0.1) is 23.6 Å². The van der Waals surface area contributed by atoms with Crippen molar-refractivity contribution in [2.75, 3.05) is 0 Å². The lowest BCUT2D eigenvalue weighted by Crippen LogP contribution is -2.17. The summed E-state index contributed by atoms with van der Waals surface area (Å²) in [6.45, 7) is 3.65. The Morgan fingerprint density at radius 3 is 3.08 bits per heavy atom. The highest BCUT2D eigenvalue weighted by Gasteiger charge is 2.07. The number of phenolic OH excluding ortho intramolecular Hbond substituents is 1. The molecule has 0 radical (unpaired) electrons. The second-order valence-electron chi connectivity index (χ2n) is 5.18. The molecule has 3 aromatic rings. The van der Waals surface area contributed by atoms with Crippen LogP contribution >= 0.6 is 0 Å². The minimum absolute atomic E-state index is 0.134. The van der Waals surface area contributed by atoms with Crippen molar-refractivity contribution in [1.82, 2.24) is 15.4 Å². The van der Waals surface area contributed by atoms with E-state index < -0.39 is 0 Å². The molecular weight excluding hydrogens is 304 g/mol. The maximum atomic E-state index is 12.1. The molecule has 0 aliphatic carbocycles. The van der Waals surface area contributed by atoms with Gasteiger partial charge in [-0.2, -0.15) is 5.10 Å². The van der Waals surface area contributed by atoms with Gasteiger partial charge >= 0.3 is 0 Å². The van der Waals surface area contributed by atoms with Crippen LogP contribution in [0.25, 0.3) is 11.0 Å². The number of aromatic amines is 1. The minimum atomic E-state index is -0.343. The molecule has 0 bridgehead atoms. The first-order valence-corrected chi connectivity index (χ1v) is 7.37. The fourth-order valence-electron chi connectivity index (χ4n) is 2.34. The number of allylic oxidation sites excluding steroid dienone is 1. The molecule has 1 heterocycles.